The molecule has 216 valence electrons. The lowest BCUT2D eigenvalue weighted by Gasteiger charge is -2.35. The minimum absolute atomic E-state index is 0.0500. The summed E-state index contributed by atoms with van der Waals surface area (Å²) < 4.78 is 22.5. The van der Waals surface area contributed by atoms with Crippen molar-refractivity contribution in [2.75, 3.05) is 13.7 Å². The fraction of sp³-hybridized carbons (Fsp3) is 0.759. The molecule has 0 radical (unpaired) electrons. The molecule has 2 fully saturated rings. The predicted octanol–water partition coefficient (Wildman–Crippen LogP) is 4.05. The van der Waals surface area contributed by atoms with Crippen molar-refractivity contribution < 1.29 is 38.4 Å². The Morgan fingerprint density at radius 1 is 1.26 bits per heavy atom. The van der Waals surface area contributed by atoms with E-state index in [1.165, 1.54) is 0 Å². The second-order valence-corrected chi connectivity index (χ2v) is 11.2. The fourth-order valence-corrected chi connectivity index (χ4v) is 5.72. The molecule has 0 aromatic carbocycles. The van der Waals surface area contributed by atoms with Crippen molar-refractivity contribution in [2.45, 2.75) is 110 Å². The zero-order chi connectivity index (χ0) is 28.5. The summed E-state index contributed by atoms with van der Waals surface area (Å²) in [6.45, 7) is 12.6. The third-order valence-electron chi connectivity index (χ3n) is 7.86. The summed E-state index contributed by atoms with van der Waals surface area (Å²) in [6.07, 6.45) is 9.92. The Morgan fingerprint density at radius 3 is 2.58 bits per heavy atom. The van der Waals surface area contributed by atoms with Crippen LogP contribution in [0.2, 0.25) is 0 Å². The van der Waals surface area contributed by atoms with Crippen LogP contribution in [0.15, 0.2) is 23.8 Å². The molecule has 2 saturated heterocycles. The third-order valence-corrected chi connectivity index (χ3v) is 7.86. The van der Waals surface area contributed by atoms with E-state index in [9.17, 15) is 19.5 Å². The third kappa shape index (κ3) is 9.20. The number of hydrogen-bond acceptors (Lipinski definition) is 7. The molecule has 9 atom stereocenters. The highest BCUT2D eigenvalue weighted by Gasteiger charge is 2.56. The largest absolute Gasteiger partial charge is 0.480 e. The van der Waals surface area contributed by atoms with Gasteiger partial charge in [0, 0.05) is 13.0 Å². The van der Waals surface area contributed by atoms with Crippen LogP contribution in [0.3, 0.4) is 0 Å². The maximum absolute atomic E-state index is 12.4. The van der Waals surface area contributed by atoms with E-state index in [1.807, 2.05) is 6.92 Å². The first kappa shape index (κ1) is 32.0. The molecule has 2 N–H and O–H groups in total. The van der Waals surface area contributed by atoms with E-state index in [-0.39, 0.29) is 42.9 Å². The van der Waals surface area contributed by atoms with Crippen LogP contribution in [0, 0.1) is 17.8 Å². The quantitative estimate of drug-likeness (QED) is 0.172. The molecule has 2 aliphatic rings. The SMILES string of the molecule is CC[C@H](OC)[C@@H](C)[C@H]1O[C@]1(C)C[C@H](C)/C=C/C=C(\C)[C@H]1O[C@@H](CC(=O)N[C@@H](COC=O)C(=O)O)CC[C@@H]1C. The molecule has 9 heteroatoms. The van der Waals surface area contributed by atoms with E-state index in [1.54, 1.807) is 7.11 Å². The maximum Gasteiger partial charge on any atom is 0.329 e. The van der Waals surface area contributed by atoms with Crippen LogP contribution in [0.25, 0.3) is 0 Å². The molecular weight excluding hydrogens is 490 g/mol. The van der Waals surface area contributed by atoms with Gasteiger partial charge in [0.2, 0.25) is 5.91 Å². The molecular formula is C29H47NO8. The number of ether oxygens (including phenoxy) is 4. The molecule has 2 aliphatic heterocycles. The van der Waals surface area contributed by atoms with E-state index in [4.69, 9.17) is 14.2 Å². The summed E-state index contributed by atoms with van der Waals surface area (Å²) in [5.41, 5.74) is 0.960. The Labute approximate surface area is 227 Å². The minimum Gasteiger partial charge on any atom is -0.480 e. The number of methoxy groups -OCH3 is 1. The lowest BCUT2D eigenvalue weighted by atomic mass is 9.86. The Kier molecular flexibility index (Phi) is 12.5. The number of carboxylic acids is 1. The lowest BCUT2D eigenvalue weighted by molar-refractivity contribution is -0.146. The summed E-state index contributed by atoms with van der Waals surface area (Å²) in [4.78, 5) is 34.0. The summed E-state index contributed by atoms with van der Waals surface area (Å²) in [5.74, 6) is -0.705. The van der Waals surface area contributed by atoms with Gasteiger partial charge in [-0.15, -0.1) is 0 Å². The van der Waals surface area contributed by atoms with Crippen molar-refractivity contribution in [3.05, 3.63) is 23.8 Å². The topological polar surface area (TPSA) is 124 Å². The Bertz CT molecular complexity index is 854. The molecule has 0 bridgehead atoms. The Morgan fingerprint density at radius 2 is 1.97 bits per heavy atom. The van der Waals surface area contributed by atoms with Crippen molar-refractivity contribution in [1.82, 2.24) is 5.32 Å². The van der Waals surface area contributed by atoms with Crippen molar-refractivity contribution in [3.8, 4) is 0 Å². The number of nitrogens with one attached hydrogen (secondary N) is 1. The number of hydrogen-bond donors (Lipinski definition) is 2. The summed E-state index contributed by atoms with van der Waals surface area (Å²) in [6, 6.07) is -1.28. The highest BCUT2D eigenvalue weighted by atomic mass is 16.6. The van der Waals surface area contributed by atoms with Gasteiger partial charge in [0.05, 0.1) is 36.4 Å². The normalized spacial score (nSPS) is 30.8. The molecule has 38 heavy (non-hydrogen) atoms. The van der Waals surface area contributed by atoms with Gasteiger partial charge in [0.1, 0.15) is 6.61 Å². The van der Waals surface area contributed by atoms with Crippen LogP contribution < -0.4 is 5.32 Å². The zero-order valence-electron chi connectivity index (χ0n) is 24.0. The van der Waals surface area contributed by atoms with Gasteiger partial charge in [0.15, 0.2) is 6.04 Å². The molecule has 1 amide bonds. The van der Waals surface area contributed by atoms with Crippen molar-refractivity contribution in [1.29, 1.82) is 0 Å². The highest BCUT2D eigenvalue weighted by molar-refractivity contribution is 5.83. The average molecular weight is 538 g/mol. The standard InChI is InChI=1S/C29H47NO8/c1-8-24(35-7)21(5)27-29(6,38-27)15-18(2)10-9-11-19(3)26-20(4)12-13-22(37-26)14-25(32)30-23(28(33)34)16-36-17-31/h9-11,17-18,20-24,26-27H,8,12-16H2,1-7H3,(H,30,32)(H,33,34)/b10-9+,19-11+/t18-,20+,21-,22-,23+,24+,26-,27-,29-/m1/s1. The molecule has 2 heterocycles. The summed E-state index contributed by atoms with van der Waals surface area (Å²) in [7, 11) is 1.76. The van der Waals surface area contributed by atoms with Crippen LogP contribution in [0.1, 0.15) is 73.6 Å². The fourth-order valence-electron chi connectivity index (χ4n) is 5.72. The van der Waals surface area contributed by atoms with Crippen LogP contribution in [0.5, 0.6) is 0 Å². The highest BCUT2D eigenvalue weighted by Crippen LogP contribution is 2.47. The molecule has 0 spiro atoms. The number of epoxide rings is 1. The maximum atomic E-state index is 12.4. The lowest BCUT2D eigenvalue weighted by Crippen LogP contribution is -2.46. The first-order valence-electron chi connectivity index (χ1n) is 13.7. The van der Waals surface area contributed by atoms with Gasteiger partial charge in [-0.1, -0.05) is 45.9 Å². The number of carboxylic acid groups (broad SMARTS) is 1. The van der Waals surface area contributed by atoms with E-state index in [0.29, 0.717) is 24.2 Å². The van der Waals surface area contributed by atoms with E-state index in [0.717, 1.165) is 24.8 Å². The van der Waals surface area contributed by atoms with Gasteiger partial charge in [-0.05, 0) is 56.9 Å². The number of rotatable bonds is 16. The van der Waals surface area contributed by atoms with E-state index >= 15 is 0 Å². The molecule has 0 aromatic rings. The molecule has 0 unspecified atom stereocenters. The second-order valence-electron chi connectivity index (χ2n) is 11.2. The number of amides is 1. The van der Waals surface area contributed by atoms with Crippen LogP contribution in [-0.4, -0.2) is 73.2 Å². The Balaban J connectivity index is 1.88. The molecule has 2 rings (SSSR count). The molecule has 9 nitrogen and oxygen atoms in total. The number of allylic oxidation sites excluding steroid dienone is 3. The van der Waals surface area contributed by atoms with Gasteiger partial charge in [0.25, 0.3) is 6.47 Å². The van der Waals surface area contributed by atoms with Crippen molar-refractivity contribution in [2.24, 2.45) is 17.8 Å². The van der Waals surface area contributed by atoms with Gasteiger partial charge in [-0.25, -0.2) is 4.79 Å². The van der Waals surface area contributed by atoms with Crippen molar-refractivity contribution >= 4 is 18.3 Å². The number of carbonyl (C=O) groups is 3. The van der Waals surface area contributed by atoms with Gasteiger partial charge in [-0.3, -0.25) is 9.59 Å². The van der Waals surface area contributed by atoms with Crippen LogP contribution in [-0.2, 0) is 33.3 Å². The van der Waals surface area contributed by atoms with Crippen LogP contribution >= 0.6 is 0 Å². The van der Waals surface area contributed by atoms with Gasteiger partial charge >= 0.3 is 5.97 Å². The monoisotopic (exact) mass is 537 g/mol. The minimum atomic E-state index is -1.28. The molecule has 0 aliphatic carbocycles. The first-order valence-corrected chi connectivity index (χ1v) is 13.7. The average Bonchev–Trinajstić information content (AvgIpc) is 3.53. The molecule has 0 saturated carbocycles. The number of aliphatic carboxylic acids is 1. The summed E-state index contributed by atoms with van der Waals surface area (Å²) >= 11 is 0. The van der Waals surface area contributed by atoms with Crippen LogP contribution in [0.4, 0.5) is 0 Å². The molecule has 0 aromatic heterocycles. The van der Waals surface area contributed by atoms with Gasteiger partial charge in [-0.2, -0.15) is 0 Å². The van der Waals surface area contributed by atoms with E-state index in [2.05, 4.69) is 62.9 Å². The Hall–Kier alpha value is -2.23. The van der Waals surface area contributed by atoms with Crippen molar-refractivity contribution in [3.63, 3.8) is 0 Å². The zero-order valence-corrected chi connectivity index (χ0v) is 24.0. The summed E-state index contributed by atoms with van der Waals surface area (Å²) in [5, 5.41) is 11.6. The van der Waals surface area contributed by atoms with Gasteiger partial charge < -0.3 is 29.4 Å². The first-order chi connectivity index (χ1) is 17.9. The smallest absolute Gasteiger partial charge is 0.329 e. The number of carbonyl (C=O) groups excluding carboxylic acids is 2. The predicted molar refractivity (Wildman–Crippen MR) is 143 cm³/mol. The van der Waals surface area contributed by atoms with E-state index < -0.39 is 24.5 Å². The second kappa shape index (κ2) is 14.8.